The highest BCUT2D eigenvalue weighted by Gasteiger charge is 2.43. The predicted octanol–water partition coefficient (Wildman–Crippen LogP) is 3.53. The van der Waals surface area contributed by atoms with E-state index < -0.39 is 5.54 Å². The van der Waals surface area contributed by atoms with Gasteiger partial charge in [-0.3, -0.25) is 9.59 Å². The molecule has 1 aromatic rings. The summed E-state index contributed by atoms with van der Waals surface area (Å²) in [6.45, 7) is 6.64. The minimum Gasteiger partial charge on any atom is -0.369 e. The van der Waals surface area contributed by atoms with Crippen molar-refractivity contribution in [3.8, 4) is 0 Å². The molecular formula is C21H30ClN3O2. The van der Waals surface area contributed by atoms with Crippen LogP contribution in [0.1, 0.15) is 51.0 Å². The number of benzene rings is 1. The number of amides is 2. The Bertz CT molecular complexity index is 701. The second-order valence-corrected chi connectivity index (χ2v) is 8.25. The lowest BCUT2D eigenvalue weighted by Gasteiger charge is -2.40. The number of rotatable bonds is 3. The van der Waals surface area contributed by atoms with Crippen LogP contribution in [-0.4, -0.2) is 48.4 Å². The van der Waals surface area contributed by atoms with Crippen LogP contribution in [0.5, 0.6) is 0 Å². The van der Waals surface area contributed by atoms with Crippen molar-refractivity contribution in [2.75, 3.05) is 31.1 Å². The molecule has 1 aromatic carbocycles. The van der Waals surface area contributed by atoms with E-state index >= 15 is 0 Å². The zero-order chi connectivity index (χ0) is 19.4. The van der Waals surface area contributed by atoms with E-state index in [-0.39, 0.29) is 11.8 Å². The van der Waals surface area contributed by atoms with Gasteiger partial charge in [0.1, 0.15) is 5.54 Å². The van der Waals surface area contributed by atoms with Gasteiger partial charge in [-0.05, 0) is 43.9 Å². The summed E-state index contributed by atoms with van der Waals surface area (Å²) in [6, 6.07) is 5.99. The largest absolute Gasteiger partial charge is 0.369 e. The summed E-state index contributed by atoms with van der Waals surface area (Å²) in [6.07, 6.45) is 5.53. The maximum atomic E-state index is 13.4. The second kappa shape index (κ2) is 8.51. The fourth-order valence-electron chi connectivity index (χ4n) is 4.49. The number of halogens is 1. The molecule has 1 saturated heterocycles. The number of nitrogens with one attached hydrogen (secondary N) is 1. The lowest BCUT2D eigenvalue weighted by atomic mass is 9.80. The van der Waals surface area contributed by atoms with Gasteiger partial charge >= 0.3 is 0 Å². The molecule has 0 spiro atoms. The van der Waals surface area contributed by atoms with Crippen molar-refractivity contribution in [2.24, 2.45) is 0 Å². The molecule has 27 heavy (non-hydrogen) atoms. The number of nitrogens with zero attached hydrogens (tertiary/aromatic N) is 2. The molecule has 148 valence electrons. The van der Waals surface area contributed by atoms with E-state index in [9.17, 15) is 9.59 Å². The molecule has 2 amide bonds. The third-order valence-electron chi connectivity index (χ3n) is 5.89. The first kappa shape index (κ1) is 20.0. The smallest absolute Gasteiger partial charge is 0.248 e. The van der Waals surface area contributed by atoms with E-state index in [0.717, 1.165) is 74.4 Å². The molecule has 1 heterocycles. The normalized spacial score (nSPS) is 20.1. The average Bonchev–Trinajstić information content (AvgIpc) is 2.89. The Kier molecular flexibility index (Phi) is 6.30. The summed E-state index contributed by atoms with van der Waals surface area (Å²) < 4.78 is 0. The predicted molar refractivity (Wildman–Crippen MR) is 109 cm³/mol. The molecule has 1 saturated carbocycles. The van der Waals surface area contributed by atoms with Crippen molar-refractivity contribution in [2.45, 2.75) is 57.9 Å². The van der Waals surface area contributed by atoms with Gasteiger partial charge in [0.15, 0.2) is 0 Å². The maximum Gasteiger partial charge on any atom is 0.248 e. The minimum absolute atomic E-state index is 0.0991. The fourth-order valence-corrected chi connectivity index (χ4v) is 4.66. The lowest BCUT2D eigenvalue weighted by Crippen LogP contribution is -2.60. The maximum absolute atomic E-state index is 13.4. The van der Waals surface area contributed by atoms with Gasteiger partial charge in [0, 0.05) is 43.8 Å². The zero-order valence-electron chi connectivity index (χ0n) is 16.4. The number of carbonyl (C=O) groups excluding carboxylic acids is 2. The van der Waals surface area contributed by atoms with E-state index in [4.69, 9.17) is 11.6 Å². The molecule has 0 aromatic heterocycles. The molecule has 2 aliphatic rings. The van der Waals surface area contributed by atoms with E-state index in [1.165, 1.54) is 6.92 Å². The van der Waals surface area contributed by atoms with Crippen molar-refractivity contribution < 1.29 is 9.59 Å². The van der Waals surface area contributed by atoms with Crippen LogP contribution >= 0.6 is 11.6 Å². The molecule has 1 aliphatic heterocycles. The highest BCUT2D eigenvalue weighted by atomic mass is 35.5. The highest BCUT2D eigenvalue weighted by Crippen LogP contribution is 2.31. The van der Waals surface area contributed by atoms with Crippen molar-refractivity contribution in [3.05, 3.63) is 28.8 Å². The quantitative estimate of drug-likeness (QED) is 0.857. The molecule has 1 N–H and O–H groups in total. The summed E-state index contributed by atoms with van der Waals surface area (Å²) in [5, 5.41) is 3.79. The minimum atomic E-state index is -0.703. The van der Waals surface area contributed by atoms with Gasteiger partial charge in [-0.2, -0.15) is 0 Å². The third-order valence-corrected chi connectivity index (χ3v) is 6.30. The van der Waals surface area contributed by atoms with Crippen molar-refractivity contribution in [3.63, 3.8) is 0 Å². The summed E-state index contributed by atoms with van der Waals surface area (Å²) in [7, 11) is 0. The Morgan fingerprint density at radius 1 is 1.04 bits per heavy atom. The van der Waals surface area contributed by atoms with Crippen LogP contribution in [-0.2, 0) is 9.59 Å². The Morgan fingerprint density at radius 2 is 1.78 bits per heavy atom. The van der Waals surface area contributed by atoms with Crippen LogP contribution in [0.2, 0.25) is 5.02 Å². The van der Waals surface area contributed by atoms with Crippen molar-refractivity contribution >= 4 is 29.1 Å². The van der Waals surface area contributed by atoms with E-state index in [2.05, 4.69) is 16.3 Å². The van der Waals surface area contributed by atoms with Crippen LogP contribution in [0.3, 0.4) is 0 Å². The van der Waals surface area contributed by atoms with Gasteiger partial charge in [-0.15, -0.1) is 0 Å². The van der Waals surface area contributed by atoms with Gasteiger partial charge in [-0.1, -0.05) is 36.9 Å². The van der Waals surface area contributed by atoms with Crippen LogP contribution in [0.25, 0.3) is 0 Å². The molecule has 2 fully saturated rings. The Balaban J connectivity index is 1.73. The Labute approximate surface area is 167 Å². The third kappa shape index (κ3) is 4.40. The lowest BCUT2D eigenvalue weighted by molar-refractivity contribution is -0.143. The van der Waals surface area contributed by atoms with Gasteiger partial charge in [0.2, 0.25) is 11.8 Å². The van der Waals surface area contributed by atoms with E-state index in [1.807, 2.05) is 24.0 Å². The van der Waals surface area contributed by atoms with Crippen LogP contribution in [0.15, 0.2) is 18.2 Å². The number of hydrogen-bond donors (Lipinski definition) is 1. The van der Waals surface area contributed by atoms with E-state index in [1.54, 1.807) is 0 Å². The van der Waals surface area contributed by atoms with Gasteiger partial charge < -0.3 is 15.1 Å². The Hall–Kier alpha value is -1.75. The summed E-state index contributed by atoms with van der Waals surface area (Å²) in [4.78, 5) is 29.5. The zero-order valence-corrected chi connectivity index (χ0v) is 17.1. The number of anilines is 1. The molecule has 3 rings (SSSR count). The molecule has 1 aliphatic carbocycles. The molecule has 0 unspecified atom stereocenters. The van der Waals surface area contributed by atoms with E-state index in [0.29, 0.717) is 6.54 Å². The van der Waals surface area contributed by atoms with Crippen LogP contribution < -0.4 is 10.2 Å². The molecular weight excluding hydrogens is 362 g/mol. The Morgan fingerprint density at radius 3 is 2.48 bits per heavy atom. The summed E-state index contributed by atoms with van der Waals surface area (Å²) in [5.74, 6) is -0.0154. The first-order chi connectivity index (χ1) is 12.9. The first-order valence-electron chi connectivity index (χ1n) is 10.0. The standard InChI is InChI=1S/C21H30ClN3O2/c1-16-18(22)8-6-9-19(16)24-12-7-13-25(15-14-24)20(27)21(23-17(2)26)10-4-3-5-11-21/h6,8-9H,3-5,7,10-15H2,1-2H3,(H,23,26). The number of hydrogen-bond acceptors (Lipinski definition) is 3. The molecule has 5 nitrogen and oxygen atoms in total. The van der Waals surface area contributed by atoms with Gasteiger partial charge in [-0.25, -0.2) is 0 Å². The summed E-state index contributed by atoms with van der Waals surface area (Å²) in [5.41, 5.74) is 1.53. The molecule has 0 atom stereocenters. The van der Waals surface area contributed by atoms with Crippen molar-refractivity contribution in [1.29, 1.82) is 0 Å². The monoisotopic (exact) mass is 391 g/mol. The summed E-state index contributed by atoms with van der Waals surface area (Å²) >= 11 is 6.29. The fraction of sp³-hybridized carbons (Fsp3) is 0.619. The van der Waals surface area contributed by atoms with Crippen LogP contribution in [0, 0.1) is 6.92 Å². The SMILES string of the molecule is CC(=O)NC1(C(=O)N2CCCN(c3cccc(Cl)c3C)CC2)CCCCC1. The molecule has 6 heteroatoms. The van der Waals surface area contributed by atoms with Crippen molar-refractivity contribution in [1.82, 2.24) is 10.2 Å². The molecule has 0 bridgehead atoms. The number of carbonyl (C=O) groups is 2. The first-order valence-corrected chi connectivity index (χ1v) is 10.4. The average molecular weight is 392 g/mol. The molecule has 0 radical (unpaired) electrons. The van der Waals surface area contributed by atoms with Gasteiger partial charge in [0.05, 0.1) is 0 Å². The topological polar surface area (TPSA) is 52.7 Å². The second-order valence-electron chi connectivity index (χ2n) is 7.84. The van der Waals surface area contributed by atoms with Gasteiger partial charge in [0.25, 0.3) is 0 Å². The van der Waals surface area contributed by atoms with Crippen LogP contribution in [0.4, 0.5) is 5.69 Å². The highest BCUT2D eigenvalue weighted by molar-refractivity contribution is 6.31.